The van der Waals surface area contributed by atoms with E-state index in [1.165, 1.54) is 30.5 Å². The Bertz CT molecular complexity index is 547. The van der Waals surface area contributed by atoms with Gasteiger partial charge in [-0.1, -0.05) is 25.5 Å². The van der Waals surface area contributed by atoms with Gasteiger partial charge in [0.25, 0.3) is 0 Å². The van der Waals surface area contributed by atoms with Gasteiger partial charge in [0.15, 0.2) is 0 Å². The normalized spacial score (nSPS) is 18.1. The van der Waals surface area contributed by atoms with Crippen molar-refractivity contribution in [3.05, 3.63) is 41.1 Å². The maximum absolute atomic E-state index is 9.03. The molecule has 0 aliphatic heterocycles. The fourth-order valence-electron chi connectivity index (χ4n) is 3.26. The Morgan fingerprint density at radius 3 is 2.68 bits per heavy atom. The lowest BCUT2D eigenvalue weighted by Gasteiger charge is -2.40. The molecular weight excluding hydrogens is 232 g/mol. The topological polar surface area (TPSA) is 27.0 Å². The minimum atomic E-state index is 0.208. The van der Waals surface area contributed by atoms with Gasteiger partial charge < -0.3 is 4.90 Å². The summed E-state index contributed by atoms with van der Waals surface area (Å²) in [5.41, 5.74) is 4.91. The molecule has 2 heteroatoms. The van der Waals surface area contributed by atoms with Gasteiger partial charge in [0.2, 0.25) is 0 Å². The van der Waals surface area contributed by atoms with Gasteiger partial charge in [-0.15, -0.1) is 0 Å². The van der Waals surface area contributed by atoms with Gasteiger partial charge >= 0.3 is 0 Å². The van der Waals surface area contributed by atoms with Crippen LogP contribution < -0.4 is 4.90 Å². The zero-order chi connectivity index (χ0) is 14.0. The van der Waals surface area contributed by atoms with Crippen molar-refractivity contribution in [2.45, 2.75) is 40.0 Å². The summed E-state index contributed by atoms with van der Waals surface area (Å²) in [5.74, 6) is 0. The molecule has 2 rings (SSSR count). The molecule has 0 saturated heterocycles. The average Bonchev–Trinajstić information content (AvgIpc) is 2.37. The zero-order valence-corrected chi connectivity index (χ0v) is 12.3. The van der Waals surface area contributed by atoms with Crippen LogP contribution in [-0.4, -0.2) is 7.05 Å². The Labute approximate surface area is 116 Å². The summed E-state index contributed by atoms with van der Waals surface area (Å²) >= 11 is 0. The summed E-state index contributed by atoms with van der Waals surface area (Å²) in [6.07, 6.45) is 3.68. The predicted molar refractivity (Wildman–Crippen MR) is 79.9 cm³/mol. The molecule has 0 spiro atoms. The van der Waals surface area contributed by atoms with Crippen LogP contribution in [-0.2, 0) is 0 Å². The summed E-state index contributed by atoms with van der Waals surface area (Å²) in [6, 6.07) is 10.1. The van der Waals surface area contributed by atoms with E-state index < -0.39 is 0 Å². The van der Waals surface area contributed by atoms with Crippen LogP contribution in [0.1, 0.15) is 45.6 Å². The van der Waals surface area contributed by atoms with Crippen molar-refractivity contribution in [3.63, 3.8) is 0 Å². The third-order valence-corrected chi connectivity index (χ3v) is 4.10. The van der Waals surface area contributed by atoms with Gasteiger partial charge in [-0.05, 0) is 44.4 Å². The molecule has 0 fully saturated rings. The largest absolute Gasteiger partial charge is 0.348 e. The number of anilines is 1. The fourth-order valence-corrected chi connectivity index (χ4v) is 3.26. The van der Waals surface area contributed by atoms with Crippen molar-refractivity contribution in [2.75, 3.05) is 11.9 Å². The summed E-state index contributed by atoms with van der Waals surface area (Å²) in [4.78, 5) is 2.26. The lowest BCUT2D eigenvalue weighted by atomic mass is 9.76. The molecule has 2 nitrogen and oxygen atoms in total. The van der Waals surface area contributed by atoms with E-state index in [-0.39, 0.29) is 5.41 Å². The Kier molecular flexibility index (Phi) is 3.66. The van der Waals surface area contributed by atoms with Crippen molar-refractivity contribution < 1.29 is 0 Å². The van der Waals surface area contributed by atoms with Gasteiger partial charge in [0.05, 0.1) is 11.6 Å². The first kappa shape index (κ1) is 13.7. The highest BCUT2D eigenvalue weighted by atomic mass is 15.1. The molecule has 0 amide bonds. The molecule has 1 aromatic rings. The molecule has 1 aliphatic rings. The van der Waals surface area contributed by atoms with Crippen molar-refractivity contribution in [3.8, 4) is 6.07 Å². The van der Waals surface area contributed by atoms with Gasteiger partial charge in [-0.2, -0.15) is 5.26 Å². The number of benzene rings is 1. The molecule has 0 unspecified atom stereocenters. The molecule has 0 bridgehead atoms. The highest BCUT2D eigenvalue weighted by molar-refractivity contribution is 5.56. The molecule has 1 aromatic carbocycles. The van der Waals surface area contributed by atoms with Crippen LogP contribution in [0.5, 0.6) is 0 Å². The number of allylic oxidation sites excluding steroid dienone is 2. The molecule has 100 valence electrons. The molecule has 0 radical (unpaired) electrons. The predicted octanol–water partition coefficient (Wildman–Crippen LogP) is 4.48. The van der Waals surface area contributed by atoms with Gasteiger partial charge in [0.1, 0.15) is 0 Å². The molecule has 0 aromatic heterocycles. The smallest absolute Gasteiger partial charge is 0.0992 e. The number of nitriles is 1. The Morgan fingerprint density at radius 2 is 2.05 bits per heavy atom. The second-order valence-electron chi connectivity index (χ2n) is 6.09. The van der Waals surface area contributed by atoms with E-state index in [0.29, 0.717) is 0 Å². The van der Waals surface area contributed by atoms with Crippen LogP contribution in [0.2, 0.25) is 0 Å². The van der Waals surface area contributed by atoms with Gasteiger partial charge in [-0.3, -0.25) is 0 Å². The SMILES string of the molecule is CC1=C(N(C)c2cccc(C#N)c2)C(C)(C)CCC1. The highest BCUT2D eigenvalue weighted by Crippen LogP contribution is 2.42. The van der Waals surface area contributed by atoms with Crippen molar-refractivity contribution in [1.29, 1.82) is 5.26 Å². The van der Waals surface area contributed by atoms with Crippen LogP contribution in [0, 0.1) is 16.7 Å². The van der Waals surface area contributed by atoms with E-state index in [1.807, 2.05) is 18.2 Å². The van der Waals surface area contributed by atoms with E-state index in [2.05, 4.69) is 44.9 Å². The number of hydrogen-bond acceptors (Lipinski definition) is 2. The maximum Gasteiger partial charge on any atom is 0.0992 e. The van der Waals surface area contributed by atoms with Gasteiger partial charge in [-0.25, -0.2) is 0 Å². The Hall–Kier alpha value is -1.75. The fraction of sp³-hybridized carbons (Fsp3) is 0.471. The first-order valence-corrected chi connectivity index (χ1v) is 6.90. The van der Waals surface area contributed by atoms with Crippen LogP contribution in [0.15, 0.2) is 35.5 Å². The molecule has 0 atom stereocenters. The van der Waals surface area contributed by atoms with Crippen molar-refractivity contribution in [1.82, 2.24) is 0 Å². The molecule has 19 heavy (non-hydrogen) atoms. The minimum Gasteiger partial charge on any atom is -0.348 e. The summed E-state index contributed by atoms with van der Waals surface area (Å²) in [6.45, 7) is 6.87. The van der Waals surface area contributed by atoms with Gasteiger partial charge in [0, 0.05) is 23.8 Å². The number of rotatable bonds is 2. The van der Waals surface area contributed by atoms with Crippen LogP contribution in [0.25, 0.3) is 0 Å². The second kappa shape index (κ2) is 5.09. The minimum absolute atomic E-state index is 0.208. The van der Waals surface area contributed by atoms with E-state index in [1.54, 1.807) is 0 Å². The Balaban J connectivity index is 2.43. The van der Waals surface area contributed by atoms with E-state index in [4.69, 9.17) is 5.26 Å². The summed E-state index contributed by atoms with van der Waals surface area (Å²) in [7, 11) is 2.11. The first-order valence-electron chi connectivity index (χ1n) is 6.90. The average molecular weight is 254 g/mol. The standard InChI is InChI=1S/C17H22N2/c1-13-7-6-10-17(2,3)16(13)19(4)15-9-5-8-14(11-15)12-18/h5,8-9,11H,6-7,10H2,1-4H3. The molecule has 0 N–H and O–H groups in total. The van der Waals surface area contributed by atoms with Crippen LogP contribution in [0.3, 0.4) is 0 Å². The Morgan fingerprint density at radius 1 is 1.32 bits per heavy atom. The van der Waals surface area contributed by atoms with Crippen LogP contribution >= 0.6 is 0 Å². The second-order valence-corrected chi connectivity index (χ2v) is 6.09. The molecular formula is C17H22N2. The molecule has 1 aliphatic carbocycles. The van der Waals surface area contributed by atoms with Crippen LogP contribution in [0.4, 0.5) is 5.69 Å². The van der Waals surface area contributed by atoms with E-state index >= 15 is 0 Å². The zero-order valence-electron chi connectivity index (χ0n) is 12.3. The van der Waals surface area contributed by atoms with Crippen molar-refractivity contribution >= 4 is 5.69 Å². The van der Waals surface area contributed by atoms with E-state index in [0.717, 1.165) is 11.3 Å². The number of hydrogen-bond donors (Lipinski definition) is 0. The number of nitrogens with zero attached hydrogens (tertiary/aromatic N) is 2. The quantitative estimate of drug-likeness (QED) is 0.778. The van der Waals surface area contributed by atoms with E-state index in [9.17, 15) is 0 Å². The van der Waals surface area contributed by atoms with Crippen molar-refractivity contribution in [2.24, 2.45) is 5.41 Å². The molecule has 0 saturated carbocycles. The lowest BCUT2D eigenvalue weighted by Crippen LogP contribution is -2.32. The maximum atomic E-state index is 9.03. The lowest BCUT2D eigenvalue weighted by molar-refractivity contribution is 0.359. The third kappa shape index (κ3) is 2.66. The third-order valence-electron chi connectivity index (χ3n) is 4.10. The highest BCUT2D eigenvalue weighted by Gasteiger charge is 2.31. The first-order chi connectivity index (χ1) is 8.95. The monoisotopic (exact) mass is 254 g/mol. The molecule has 0 heterocycles. The summed E-state index contributed by atoms with van der Waals surface area (Å²) < 4.78 is 0. The summed E-state index contributed by atoms with van der Waals surface area (Å²) in [5, 5.41) is 9.03.